The quantitative estimate of drug-likeness (QED) is 0.458. The maximum atomic E-state index is 13.8. The van der Waals surface area contributed by atoms with Crippen molar-refractivity contribution in [1.82, 2.24) is 10.3 Å². The Labute approximate surface area is 216 Å². The lowest BCUT2D eigenvalue weighted by molar-refractivity contribution is -0.117. The molecule has 0 saturated heterocycles. The number of carbonyl (C=O) groups excluding carboxylic acids is 1. The first kappa shape index (κ1) is 25.6. The molecule has 37 heavy (non-hydrogen) atoms. The van der Waals surface area contributed by atoms with E-state index in [1.807, 2.05) is 51.1 Å². The number of amides is 1. The molecule has 1 unspecified atom stereocenters. The Balaban J connectivity index is 1.82. The zero-order valence-corrected chi connectivity index (χ0v) is 21.6. The molecule has 2 aromatic carbocycles. The molecule has 4 rings (SSSR count). The van der Waals surface area contributed by atoms with E-state index in [9.17, 15) is 10.1 Å². The predicted molar refractivity (Wildman–Crippen MR) is 141 cm³/mol. The van der Waals surface area contributed by atoms with Gasteiger partial charge in [0, 0.05) is 29.6 Å². The van der Waals surface area contributed by atoms with Crippen LogP contribution in [0.4, 0.5) is 5.69 Å². The summed E-state index contributed by atoms with van der Waals surface area (Å²) in [5.41, 5.74) is 5.92. The Kier molecular flexibility index (Phi) is 7.63. The van der Waals surface area contributed by atoms with E-state index in [4.69, 9.17) is 14.2 Å². The molecular formula is C29H30N4O4. The largest absolute Gasteiger partial charge is 0.497 e. The normalized spacial score (nSPS) is 14.2. The highest BCUT2D eigenvalue weighted by molar-refractivity contribution is 5.99. The lowest BCUT2D eigenvalue weighted by atomic mass is 9.79. The summed E-state index contributed by atoms with van der Waals surface area (Å²) in [5.74, 6) is 0.936. The minimum atomic E-state index is -0.538. The van der Waals surface area contributed by atoms with E-state index in [0.29, 0.717) is 41.6 Å². The number of aromatic nitrogens is 1. The molecule has 0 spiro atoms. The van der Waals surface area contributed by atoms with Crippen LogP contribution in [-0.4, -0.2) is 31.7 Å². The third-order valence-electron chi connectivity index (χ3n) is 6.37. The third-order valence-corrected chi connectivity index (χ3v) is 6.37. The molecule has 0 saturated carbocycles. The zero-order valence-electron chi connectivity index (χ0n) is 21.6. The van der Waals surface area contributed by atoms with Crippen molar-refractivity contribution in [2.75, 3.05) is 26.1 Å². The summed E-state index contributed by atoms with van der Waals surface area (Å²) in [5, 5.41) is 15.9. The summed E-state index contributed by atoms with van der Waals surface area (Å²) in [4.78, 5) is 18.3. The molecule has 190 valence electrons. The van der Waals surface area contributed by atoms with Gasteiger partial charge in [-0.3, -0.25) is 4.79 Å². The van der Waals surface area contributed by atoms with Gasteiger partial charge in [0.1, 0.15) is 11.5 Å². The number of carbonyl (C=O) groups is 1. The van der Waals surface area contributed by atoms with E-state index in [-0.39, 0.29) is 5.91 Å². The SMILES string of the molecule is CCOc1ncc(C)c2c1C(c1ccc(C#N)cc1OC)C(C(=O)NCc1ccc(OC)cc1)=C(C)N2. The van der Waals surface area contributed by atoms with Crippen molar-refractivity contribution in [3.8, 4) is 23.4 Å². The van der Waals surface area contributed by atoms with Crippen LogP contribution in [0.5, 0.6) is 17.4 Å². The fourth-order valence-electron chi connectivity index (χ4n) is 4.56. The zero-order chi connectivity index (χ0) is 26.5. The molecule has 0 radical (unpaired) electrons. The highest BCUT2D eigenvalue weighted by atomic mass is 16.5. The Morgan fingerprint density at radius 3 is 2.54 bits per heavy atom. The van der Waals surface area contributed by atoms with Gasteiger partial charge in [0.15, 0.2) is 0 Å². The number of aryl methyl sites for hydroxylation is 1. The van der Waals surface area contributed by atoms with Gasteiger partial charge in [-0.25, -0.2) is 4.98 Å². The fraction of sp³-hybridized carbons (Fsp3) is 0.276. The smallest absolute Gasteiger partial charge is 0.250 e. The molecule has 2 N–H and O–H groups in total. The molecule has 1 aliphatic rings. The number of hydrogen-bond donors (Lipinski definition) is 2. The topological polar surface area (TPSA) is 106 Å². The monoisotopic (exact) mass is 498 g/mol. The van der Waals surface area contributed by atoms with Gasteiger partial charge in [-0.2, -0.15) is 5.26 Å². The number of pyridine rings is 1. The van der Waals surface area contributed by atoms with Gasteiger partial charge >= 0.3 is 0 Å². The van der Waals surface area contributed by atoms with Gasteiger partial charge in [0.05, 0.1) is 49.6 Å². The number of methoxy groups -OCH3 is 2. The summed E-state index contributed by atoms with van der Waals surface area (Å²) in [6.45, 7) is 6.50. The number of nitrogens with zero attached hydrogens (tertiary/aromatic N) is 2. The maximum Gasteiger partial charge on any atom is 0.250 e. The van der Waals surface area contributed by atoms with Gasteiger partial charge in [-0.15, -0.1) is 0 Å². The van der Waals surface area contributed by atoms with Gasteiger partial charge in [0.2, 0.25) is 11.8 Å². The van der Waals surface area contributed by atoms with Crippen molar-refractivity contribution in [2.45, 2.75) is 33.2 Å². The van der Waals surface area contributed by atoms with Crippen molar-refractivity contribution >= 4 is 11.6 Å². The summed E-state index contributed by atoms with van der Waals surface area (Å²) in [6, 6.07) is 14.9. The summed E-state index contributed by atoms with van der Waals surface area (Å²) in [6.07, 6.45) is 1.76. The molecule has 0 aliphatic carbocycles. The summed E-state index contributed by atoms with van der Waals surface area (Å²) in [7, 11) is 3.17. The van der Waals surface area contributed by atoms with Crippen molar-refractivity contribution < 1.29 is 19.0 Å². The lowest BCUT2D eigenvalue weighted by Crippen LogP contribution is -2.32. The van der Waals surface area contributed by atoms with E-state index >= 15 is 0 Å². The van der Waals surface area contributed by atoms with Gasteiger partial charge in [-0.1, -0.05) is 18.2 Å². The number of benzene rings is 2. The standard InChI is InChI=1S/C29H30N4O4/c1-6-37-29-26-25(22-12-9-20(14-30)13-23(22)36-5)24(18(3)33-27(26)17(2)15-32-29)28(34)31-16-19-7-10-21(35-4)11-8-19/h7-13,15,25,33H,6,16H2,1-5H3,(H,31,34). The molecule has 1 aliphatic heterocycles. The van der Waals surface area contributed by atoms with Crippen molar-refractivity contribution in [3.63, 3.8) is 0 Å². The molecular weight excluding hydrogens is 468 g/mol. The second kappa shape index (κ2) is 11.0. The molecule has 2 heterocycles. The highest BCUT2D eigenvalue weighted by Crippen LogP contribution is 2.49. The molecule has 0 bridgehead atoms. The van der Waals surface area contributed by atoms with Crippen molar-refractivity contribution in [3.05, 3.63) is 87.7 Å². The number of nitriles is 1. The van der Waals surface area contributed by atoms with Crippen LogP contribution in [0.3, 0.4) is 0 Å². The number of ether oxygens (including phenoxy) is 3. The van der Waals surface area contributed by atoms with E-state index in [1.165, 1.54) is 0 Å². The third kappa shape index (κ3) is 5.07. The fourth-order valence-corrected chi connectivity index (χ4v) is 4.56. The maximum absolute atomic E-state index is 13.8. The average Bonchev–Trinajstić information content (AvgIpc) is 2.92. The molecule has 1 amide bonds. The van der Waals surface area contributed by atoms with Crippen LogP contribution >= 0.6 is 0 Å². The Bertz CT molecular complexity index is 1390. The molecule has 1 aromatic heterocycles. The first-order valence-electron chi connectivity index (χ1n) is 12.0. The van der Waals surface area contributed by atoms with Crippen molar-refractivity contribution in [2.24, 2.45) is 0 Å². The summed E-state index contributed by atoms with van der Waals surface area (Å²) >= 11 is 0. The number of rotatable bonds is 8. The van der Waals surface area contributed by atoms with Gasteiger partial charge in [0.25, 0.3) is 0 Å². The van der Waals surface area contributed by atoms with Crippen LogP contribution in [-0.2, 0) is 11.3 Å². The lowest BCUT2D eigenvalue weighted by Gasteiger charge is -2.33. The number of nitrogens with one attached hydrogen (secondary N) is 2. The highest BCUT2D eigenvalue weighted by Gasteiger charge is 2.37. The van der Waals surface area contributed by atoms with E-state index in [2.05, 4.69) is 21.7 Å². The first-order chi connectivity index (χ1) is 17.9. The van der Waals surface area contributed by atoms with Crippen LogP contribution in [0.25, 0.3) is 0 Å². The van der Waals surface area contributed by atoms with Gasteiger partial charge in [-0.05, 0) is 56.2 Å². The number of fused-ring (bicyclic) bond motifs is 1. The van der Waals surface area contributed by atoms with Crippen LogP contribution in [0.1, 0.15) is 47.6 Å². The predicted octanol–water partition coefficient (Wildman–Crippen LogP) is 4.83. The van der Waals surface area contributed by atoms with Crippen LogP contribution < -0.4 is 24.8 Å². The molecule has 0 fully saturated rings. The minimum Gasteiger partial charge on any atom is -0.497 e. The summed E-state index contributed by atoms with van der Waals surface area (Å²) < 4.78 is 16.9. The van der Waals surface area contributed by atoms with Crippen LogP contribution in [0.2, 0.25) is 0 Å². The molecule has 1 atom stereocenters. The molecule has 8 nitrogen and oxygen atoms in total. The molecule has 8 heteroatoms. The Morgan fingerprint density at radius 1 is 1.14 bits per heavy atom. The Morgan fingerprint density at radius 2 is 1.89 bits per heavy atom. The van der Waals surface area contributed by atoms with E-state index < -0.39 is 5.92 Å². The molecule has 3 aromatic rings. The average molecular weight is 499 g/mol. The first-order valence-corrected chi connectivity index (χ1v) is 12.0. The second-order valence-corrected chi connectivity index (χ2v) is 8.66. The van der Waals surface area contributed by atoms with E-state index in [1.54, 1.807) is 32.5 Å². The number of hydrogen-bond acceptors (Lipinski definition) is 7. The number of anilines is 1. The van der Waals surface area contributed by atoms with Crippen LogP contribution in [0.15, 0.2) is 59.9 Å². The van der Waals surface area contributed by atoms with Crippen LogP contribution in [0, 0.1) is 18.3 Å². The van der Waals surface area contributed by atoms with E-state index in [0.717, 1.165) is 33.7 Å². The van der Waals surface area contributed by atoms with Gasteiger partial charge < -0.3 is 24.8 Å². The van der Waals surface area contributed by atoms with Crippen molar-refractivity contribution in [1.29, 1.82) is 5.26 Å². The second-order valence-electron chi connectivity index (χ2n) is 8.66. The number of allylic oxidation sites excluding steroid dienone is 1. The Hall–Kier alpha value is -4.51. The minimum absolute atomic E-state index is 0.230.